The Hall–Kier alpha value is 3.37. The average Bonchev–Trinajstić information content (AvgIpc) is 1.98. The monoisotopic (exact) mass is 761 g/mol. The van der Waals surface area contributed by atoms with Crippen LogP contribution in [0.2, 0.25) is 0 Å². The van der Waals surface area contributed by atoms with E-state index in [1.54, 1.807) is 0 Å². The van der Waals surface area contributed by atoms with Crippen LogP contribution in [0.4, 0.5) is 13.2 Å². The van der Waals surface area contributed by atoms with Crippen LogP contribution in [0.5, 0.6) is 0 Å². The van der Waals surface area contributed by atoms with Gasteiger partial charge < -0.3 is 0 Å². The minimum Gasteiger partial charge on any atom is -0.166 e. The van der Waals surface area contributed by atoms with Gasteiger partial charge in [0.05, 0.1) is 4.48 Å². The molecule has 11 heteroatoms. The summed E-state index contributed by atoms with van der Waals surface area (Å²) in [5.41, 5.74) is 0. The molecule has 0 radical (unpaired) electrons. The molecule has 0 atom stereocenters. The van der Waals surface area contributed by atoms with Crippen LogP contribution >= 0.6 is 127 Å². The Morgan fingerprint density at radius 2 is 1.18 bits per heavy atom. The molecule has 0 saturated heterocycles. The maximum atomic E-state index is 12.4. The number of hydrogen-bond acceptors (Lipinski definition) is 0. The fraction of sp³-hybridized carbons (Fsp3) is 0.667. The van der Waals surface area contributed by atoms with E-state index in [1.165, 1.54) is 0 Å². The lowest BCUT2D eigenvalue weighted by atomic mass is 10.3. The minimum absolute atomic E-state index is 0.914. The van der Waals surface area contributed by atoms with Gasteiger partial charge >= 0.3 is 6.18 Å². The summed E-state index contributed by atoms with van der Waals surface area (Å²) in [4.78, 5) is 0. The van der Waals surface area contributed by atoms with Gasteiger partial charge in [-0.2, -0.15) is 13.2 Å². The highest BCUT2D eigenvalue weighted by Crippen LogP contribution is 2.63. The summed E-state index contributed by atoms with van der Waals surface area (Å²) in [5.74, 6) is 0. The summed E-state index contributed by atoms with van der Waals surface area (Å²) in [6, 6.07) is 0. The molecule has 102 valence electrons. The Labute approximate surface area is 163 Å². The molecule has 0 heterocycles. The van der Waals surface area contributed by atoms with Crippen LogP contribution in [0.3, 0.4) is 0 Å². The van der Waals surface area contributed by atoms with Crippen molar-refractivity contribution in [3.63, 3.8) is 0 Å². The maximum absolute atomic E-state index is 12.4. The topological polar surface area (TPSA) is 0 Å². The Bertz CT molecular complexity index is 312. The molecule has 0 aromatic carbocycles. The van der Waals surface area contributed by atoms with Crippen molar-refractivity contribution in [2.75, 3.05) is 0 Å². The van der Waals surface area contributed by atoms with E-state index in [2.05, 4.69) is 127 Å². The van der Waals surface area contributed by atoms with E-state index in [4.69, 9.17) is 0 Å². The SMILES string of the molecule is FC(F)(F)C(Br)=CC(Br)(Br)C(Br)(Br)C(Br)(Br)Br. The number of hydrogen-bond donors (Lipinski definition) is 0. The first kappa shape index (κ1) is 20.4. The third-order valence-electron chi connectivity index (χ3n) is 1.35. The molecule has 0 aromatic heterocycles. The van der Waals surface area contributed by atoms with Crippen LogP contribution in [0.25, 0.3) is 0 Å². The highest BCUT2D eigenvalue weighted by molar-refractivity contribution is 9.42. The molecule has 0 aliphatic carbocycles. The molecule has 0 aromatic rings. The number of rotatable bonds is 2. The first-order valence-electron chi connectivity index (χ1n) is 3.41. The highest BCUT2D eigenvalue weighted by Gasteiger charge is 2.56. The molecular weight excluding hydrogens is 768 g/mol. The van der Waals surface area contributed by atoms with E-state index in [0.29, 0.717) is 0 Å². The Morgan fingerprint density at radius 3 is 1.41 bits per heavy atom. The molecule has 0 rings (SSSR count). The predicted molar refractivity (Wildman–Crippen MR) is 93.7 cm³/mol. The second kappa shape index (κ2) is 6.64. The molecule has 0 aliphatic heterocycles. The van der Waals surface area contributed by atoms with Crippen molar-refractivity contribution in [1.29, 1.82) is 0 Å². The van der Waals surface area contributed by atoms with Crippen LogP contribution in [0.1, 0.15) is 0 Å². The molecule has 0 fully saturated rings. The molecule has 0 nitrogen and oxygen atoms in total. The summed E-state index contributed by atoms with van der Waals surface area (Å²) in [7, 11) is 0. The number of halogens is 11. The molecule has 0 amide bonds. The van der Waals surface area contributed by atoms with Crippen molar-refractivity contribution in [2.24, 2.45) is 0 Å². The van der Waals surface area contributed by atoms with E-state index in [1.807, 2.05) is 0 Å². The quantitative estimate of drug-likeness (QED) is 0.254. The van der Waals surface area contributed by atoms with E-state index in [9.17, 15) is 13.2 Å². The molecule has 17 heavy (non-hydrogen) atoms. The van der Waals surface area contributed by atoms with Crippen LogP contribution < -0.4 is 0 Å². The van der Waals surface area contributed by atoms with Crippen LogP contribution in [0.15, 0.2) is 10.6 Å². The molecule has 0 saturated carbocycles. The molecule has 0 unspecified atom stereocenters. The third-order valence-corrected chi connectivity index (χ3v) is 13.2. The van der Waals surface area contributed by atoms with Crippen LogP contribution in [0, 0.1) is 0 Å². The predicted octanol–water partition coefficient (Wildman–Crippen LogP) is 7.64. The van der Waals surface area contributed by atoms with Gasteiger partial charge in [-0.05, 0) is 22.0 Å². The van der Waals surface area contributed by atoms with Gasteiger partial charge in [0, 0.05) is 0 Å². The number of alkyl halides is 10. The summed E-state index contributed by atoms with van der Waals surface area (Å²) in [5, 5.41) is 0. The zero-order chi connectivity index (χ0) is 14.3. The molecular formula is C6HBr8F3. The fourth-order valence-corrected chi connectivity index (χ4v) is 5.29. The zero-order valence-corrected chi connectivity index (χ0v) is 19.9. The third kappa shape index (κ3) is 5.58. The van der Waals surface area contributed by atoms with Crippen LogP contribution in [-0.4, -0.2) is 14.8 Å². The average molecular weight is 769 g/mol. The van der Waals surface area contributed by atoms with E-state index in [0.717, 1.165) is 6.08 Å². The van der Waals surface area contributed by atoms with Crippen molar-refractivity contribution in [1.82, 2.24) is 0 Å². The Morgan fingerprint density at radius 1 is 0.824 bits per heavy atom. The van der Waals surface area contributed by atoms with Gasteiger partial charge in [-0.15, -0.1) is 0 Å². The van der Waals surface area contributed by atoms with Crippen molar-refractivity contribution in [3.05, 3.63) is 10.6 Å². The van der Waals surface area contributed by atoms with Crippen molar-refractivity contribution < 1.29 is 13.2 Å². The second-order valence-electron chi connectivity index (χ2n) is 2.69. The normalized spacial score (nSPS) is 16.3. The van der Waals surface area contributed by atoms with E-state index >= 15 is 0 Å². The van der Waals surface area contributed by atoms with Crippen LogP contribution in [-0.2, 0) is 0 Å². The van der Waals surface area contributed by atoms with Gasteiger partial charge in [-0.25, -0.2) is 0 Å². The van der Waals surface area contributed by atoms with Crippen molar-refractivity contribution >= 4 is 127 Å². The first-order chi connectivity index (χ1) is 7.13. The molecule has 0 spiro atoms. The largest absolute Gasteiger partial charge is 0.422 e. The molecule has 0 aliphatic rings. The lowest BCUT2D eigenvalue weighted by Gasteiger charge is -2.38. The van der Waals surface area contributed by atoms with Gasteiger partial charge in [0.25, 0.3) is 0 Å². The number of allylic oxidation sites excluding steroid dienone is 2. The summed E-state index contributed by atoms with van der Waals surface area (Å²) in [6.07, 6.45) is -3.54. The smallest absolute Gasteiger partial charge is 0.166 e. The highest BCUT2D eigenvalue weighted by atomic mass is 80.0. The van der Waals surface area contributed by atoms with Crippen molar-refractivity contribution in [2.45, 2.75) is 14.8 Å². The molecule has 0 bridgehead atoms. The van der Waals surface area contributed by atoms with E-state index < -0.39 is 19.3 Å². The van der Waals surface area contributed by atoms with Crippen molar-refractivity contribution in [3.8, 4) is 0 Å². The second-order valence-corrected chi connectivity index (χ2v) is 17.3. The Kier molecular flexibility index (Phi) is 7.96. The standard InChI is InChI=1S/C6HBr8F3/c7-2(4(15,16)17)1-3(8,9)5(10,11)6(12,13)14/h1H. The van der Waals surface area contributed by atoms with Gasteiger partial charge in [0.1, 0.15) is 6.47 Å². The first-order valence-corrected chi connectivity index (χ1v) is 9.75. The van der Waals surface area contributed by atoms with Gasteiger partial charge in [-0.1, -0.05) is 112 Å². The van der Waals surface area contributed by atoms with E-state index in [-0.39, 0.29) is 0 Å². The summed E-state index contributed by atoms with van der Waals surface area (Å²) >= 11 is 25.0. The maximum Gasteiger partial charge on any atom is 0.422 e. The van der Waals surface area contributed by atoms with Gasteiger partial charge in [-0.3, -0.25) is 0 Å². The fourth-order valence-electron chi connectivity index (χ4n) is 0.521. The molecule has 0 N–H and O–H groups in total. The van der Waals surface area contributed by atoms with Gasteiger partial charge in [0.2, 0.25) is 0 Å². The lowest BCUT2D eigenvalue weighted by molar-refractivity contribution is -0.0830. The zero-order valence-electron chi connectivity index (χ0n) is 7.23. The summed E-state index contributed by atoms with van der Waals surface area (Å²) in [6.45, 7) is 0. The summed E-state index contributed by atoms with van der Waals surface area (Å²) < 4.78 is 33.2. The lowest BCUT2D eigenvalue weighted by Crippen LogP contribution is -2.43. The minimum atomic E-state index is -4.46. The van der Waals surface area contributed by atoms with Gasteiger partial charge in [0.15, 0.2) is 2.14 Å². The Balaban J connectivity index is 5.45.